The Morgan fingerprint density at radius 1 is 1.07 bits per heavy atom. The van der Waals surface area contributed by atoms with Crippen molar-refractivity contribution in [2.45, 2.75) is 13.0 Å². The number of hydrogen-bond donors (Lipinski definition) is 0. The molecule has 1 fully saturated rings. The summed E-state index contributed by atoms with van der Waals surface area (Å²) in [5.41, 5.74) is 2.99. The summed E-state index contributed by atoms with van der Waals surface area (Å²) in [6.07, 6.45) is 1.70. The minimum atomic E-state index is -0.847. The monoisotopic (exact) mass is 639 g/mol. The second-order valence-corrected chi connectivity index (χ2v) is 12.0. The van der Waals surface area contributed by atoms with Gasteiger partial charge < -0.3 is 19.3 Å². The van der Waals surface area contributed by atoms with Gasteiger partial charge in [0.15, 0.2) is 4.80 Å². The van der Waals surface area contributed by atoms with Crippen molar-refractivity contribution in [2.75, 3.05) is 51.8 Å². The van der Waals surface area contributed by atoms with Gasteiger partial charge in [-0.1, -0.05) is 53.8 Å². The van der Waals surface area contributed by atoms with Crippen molar-refractivity contribution < 1.29 is 19.2 Å². The molecule has 1 atom stereocenters. The summed E-state index contributed by atoms with van der Waals surface area (Å²) in [5.74, 6) is 0.0550. The number of nitro groups is 1. The number of thiazole rings is 1. The van der Waals surface area contributed by atoms with Crippen LogP contribution in [0, 0.1) is 10.1 Å². The van der Waals surface area contributed by atoms with E-state index in [2.05, 4.69) is 16.8 Å². The number of carbonyl (C=O) groups is 1. The van der Waals surface area contributed by atoms with Crippen LogP contribution in [0.3, 0.4) is 0 Å². The summed E-state index contributed by atoms with van der Waals surface area (Å²) in [4.78, 5) is 49.1. The molecule has 0 amide bonds. The highest BCUT2D eigenvalue weighted by Crippen LogP contribution is 2.36. The highest BCUT2D eigenvalue weighted by atomic mass is 32.1. The van der Waals surface area contributed by atoms with Crippen molar-refractivity contribution in [3.63, 3.8) is 0 Å². The maximum Gasteiger partial charge on any atom is 0.338 e. The van der Waals surface area contributed by atoms with Gasteiger partial charge in [-0.25, -0.2) is 9.79 Å². The lowest BCUT2D eigenvalue weighted by atomic mass is 9.93. The minimum Gasteiger partial charge on any atom is -0.497 e. The normalized spacial score (nSPS) is 17.0. The Morgan fingerprint density at radius 2 is 1.78 bits per heavy atom. The summed E-state index contributed by atoms with van der Waals surface area (Å²) in [5, 5.41) is 11.8. The lowest BCUT2D eigenvalue weighted by molar-refractivity contribution is -0.384. The van der Waals surface area contributed by atoms with Crippen LogP contribution in [0.2, 0.25) is 0 Å². The molecule has 236 valence electrons. The van der Waals surface area contributed by atoms with E-state index in [0.717, 1.165) is 31.9 Å². The van der Waals surface area contributed by atoms with E-state index in [1.54, 1.807) is 38.3 Å². The summed E-state index contributed by atoms with van der Waals surface area (Å²) in [6, 6.07) is 20.4. The van der Waals surface area contributed by atoms with Crippen molar-refractivity contribution in [2.24, 2.45) is 4.99 Å². The summed E-state index contributed by atoms with van der Waals surface area (Å²) >= 11 is 1.18. The molecule has 0 radical (unpaired) electrons. The van der Waals surface area contributed by atoms with Crippen LogP contribution in [0.1, 0.15) is 29.7 Å². The summed E-state index contributed by atoms with van der Waals surface area (Å²) < 4.78 is 12.8. The van der Waals surface area contributed by atoms with Crippen molar-refractivity contribution >= 4 is 40.5 Å². The zero-order valence-electron chi connectivity index (χ0n) is 25.7. The molecular weight excluding hydrogens is 606 g/mol. The maximum absolute atomic E-state index is 14.4. The highest BCUT2D eigenvalue weighted by Gasteiger charge is 2.35. The Balaban J connectivity index is 1.60. The number of benzene rings is 3. The number of nitro benzene ring substituents is 1. The fourth-order valence-electron chi connectivity index (χ4n) is 5.79. The van der Waals surface area contributed by atoms with Crippen molar-refractivity contribution in [1.82, 2.24) is 9.47 Å². The molecule has 3 aromatic carbocycles. The van der Waals surface area contributed by atoms with E-state index in [9.17, 15) is 19.7 Å². The first-order chi connectivity index (χ1) is 22.3. The molecule has 6 rings (SSSR count). The number of anilines is 1. The number of esters is 1. The van der Waals surface area contributed by atoms with Crippen molar-refractivity contribution in [3.8, 4) is 5.75 Å². The van der Waals surface area contributed by atoms with E-state index < -0.39 is 16.9 Å². The van der Waals surface area contributed by atoms with Gasteiger partial charge in [0.2, 0.25) is 0 Å². The highest BCUT2D eigenvalue weighted by molar-refractivity contribution is 7.07. The fraction of sp³-hybridized carbons (Fsp3) is 0.265. The average Bonchev–Trinajstić information content (AvgIpc) is 3.38. The van der Waals surface area contributed by atoms with Crippen LogP contribution < -0.4 is 24.5 Å². The van der Waals surface area contributed by atoms with Gasteiger partial charge in [0.1, 0.15) is 5.75 Å². The molecule has 0 bridgehead atoms. The molecule has 0 N–H and O–H groups in total. The number of ether oxygens (including phenoxy) is 2. The lowest BCUT2D eigenvalue weighted by Crippen LogP contribution is -2.44. The number of non-ortho nitro benzene ring substituents is 1. The molecule has 2 aliphatic heterocycles. The van der Waals surface area contributed by atoms with Gasteiger partial charge in [-0.2, -0.15) is 0 Å². The van der Waals surface area contributed by atoms with Gasteiger partial charge >= 0.3 is 5.97 Å². The first-order valence-electron chi connectivity index (χ1n) is 14.9. The molecule has 1 unspecified atom stereocenters. The topological polar surface area (TPSA) is 120 Å². The second kappa shape index (κ2) is 13.1. The Labute approximate surface area is 269 Å². The minimum absolute atomic E-state index is 0.0658. The standard InChI is InChI=1S/C34H33N5O6S/c1-4-45-33(41)29-30(22-8-6-5-7-9-22)35-34-38(31(29)23-10-13-26(44-3)14-11-23)32(40)28(46-34)21-24-20-25(39(42)43)12-15-27(24)37-18-16-36(2)17-19-37/h5-15,20-21,31H,4,16-19H2,1-3H3. The lowest BCUT2D eigenvalue weighted by Gasteiger charge is -2.34. The molecule has 12 heteroatoms. The number of carbonyl (C=O) groups excluding carboxylic acids is 1. The van der Waals surface area contributed by atoms with Gasteiger partial charge in [-0.05, 0) is 43.8 Å². The van der Waals surface area contributed by atoms with Crippen molar-refractivity contribution in [3.05, 3.63) is 125 Å². The van der Waals surface area contributed by atoms with Crippen LogP contribution in [0.4, 0.5) is 11.4 Å². The van der Waals surface area contributed by atoms with Crippen LogP contribution in [0.5, 0.6) is 5.75 Å². The quantitative estimate of drug-likeness (QED) is 0.163. The Bertz CT molecular complexity index is 1990. The van der Waals surface area contributed by atoms with E-state index in [1.807, 2.05) is 42.5 Å². The Hall–Kier alpha value is -5.07. The average molecular weight is 640 g/mol. The molecule has 1 saturated heterocycles. The zero-order chi connectivity index (χ0) is 32.4. The molecule has 0 spiro atoms. The third-order valence-corrected chi connectivity index (χ3v) is 9.14. The molecule has 4 aromatic rings. The molecule has 0 aliphatic carbocycles. The fourth-order valence-corrected chi connectivity index (χ4v) is 6.78. The summed E-state index contributed by atoms with van der Waals surface area (Å²) in [6.45, 7) is 5.06. The largest absolute Gasteiger partial charge is 0.497 e. The number of hydrogen-bond acceptors (Lipinski definition) is 10. The predicted octanol–water partition coefficient (Wildman–Crippen LogP) is 3.60. The van der Waals surface area contributed by atoms with Gasteiger partial charge in [0, 0.05) is 55.1 Å². The molecule has 1 aromatic heterocycles. The molecule has 0 saturated carbocycles. The summed E-state index contributed by atoms with van der Waals surface area (Å²) in [7, 11) is 3.63. The van der Waals surface area contributed by atoms with E-state index in [-0.39, 0.29) is 23.4 Å². The van der Waals surface area contributed by atoms with E-state index in [0.29, 0.717) is 37.5 Å². The van der Waals surface area contributed by atoms with Crippen LogP contribution in [0.15, 0.2) is 88.2 Å². The third-order valence-electron chi connectivity index (χ3n) is 8.16. The zero-order valence-corrected chi connectivity index (χ0v) is 26.5. The van der Waals surface area contributed by atoms with Crippen LogP contribution in [0.25, 0.3) is 11.8 Å². The first-order valence-corrected chi connectivity index (χ1v) is 15.7. The van der Waals surface area contributed by atoms with Gasteiger partial charge in [0.25, 0.3) is 11.2 Å². The smallest absolute Gasteiger partial charge is 0.338 e. The molecule has 46 heavy (non-hydrogen) atoms. The van der Waals surface area contributed by atoms with Gasteiger partial charge in [0.05, 0.1) is 40.5 Å². The molecule has 2 aliphatic rings. The van der Waals surface area contributed by atoms with Crippen LogP contribution in [-0.4, -0.2) is 67.3 Å². The number of fused-ring (bicyclic) bond motifs is 1. The number of aromatic nitrogens is 1. The third kappa shape index (κ3) is 5.96. The SMILES string of the molecule is CCOC(=O)C1=C(c2ccccc2)N=c2sc(=Cc3cc([N+](=O)[O-])ccc3N3CCN(C)CC3)c(=O)n2C1c1ccc(OC)cc1. The van der Waals surface area contributed by atoms with Crippen LogP contribution >= 0.6 is 11.3 Å². The van der Waals surface area contributed by atoms with E-state index >= 15 is 0 Å². The van der Waals surface area contributed by atoms with Crippen LogP contribution in [-0.2, 0) is 9.53 Å². The van der Waals surface area contributed by atoms with Gasteiger partial charge in [-0.15, -0.1) is 0 Å². The molecule has 11 nitrogen and oxygen atoms in total. The molecular formula is C34H33N5O6S. The number of rotatable bonds is 8. The number of piperazine rings is 1. The van der Waals surface area contributed by atoms with Gasteiger partial charge in [-0.3, -0.25) is 19.5 Å². The number of likely N-dealkylation sites (N-methyl/N-ethyl adjacent to an activating group) is 1. The maximum atomic E-state index is 14.4. The van der Waals surface area contributed by atoms with Crippen molar-refractivity contribution in [1.29, 1.82) is 0 Å². The number of nitrogens with zero attached hydrogens (tertiary/aromatic N) is 5. The predicted molar refractivity (Wildman–Crippen MR) is 177 cm³/mol. The second-order valence-electron chi connectivity index (χ2n) is 11.0. The number of methoxy groups -OCH3 is 1. The molecule has 3 heterocycles. The Kier molecular flexibility index (Phi) is 8.82. The Morgan fingerprint density at radius 3 is 2.43 bits per heavy atom. The first kappa shape index (κ1) is 30.9. The van der Waals surface area contributed by atoms with E-state index in [1.165, 1.54) is 28.0 Å². The van der Waals surface area contributed by atoms with E-state index in [4.69, 9.17) is 14.5 Å².